The van der Waals surface area contributed by atoms with E-state index in [0.717, 1.165) is 22.5 Å². The number of rotatable bonds is 8. The predicted molar refractivity (Wildman–Crippen MR) is 129 cm³/mol. The molecular formula is C24H24ClN5O2. The number of hydrogen-bond donors (Lipinski definition) is 3. The molecule has 3 N–H and O–H groups in total. The quantitative estimate of drug-likeness (QED) is 0.379. The van der Waals surface area contributed by atoms with Gasteiger partial charge in [0.1, 0.15) is 10.8 Å². The summed E-state index contributed by atoms with van der Waals surface area (Å²) in [5.41, 5.74) is 3.88. The molecule has 0 aliphatic heterocycles. The molecule has 0 aliphatic carbocycles. The van der Waals surface area contributed by atoms with E-state index in [1.807, 2.05) is 44.2 Å². The number of anilines is 5. The average Bonchev–Trinajstić information content (AvgIpc) is 2.78. The van der Waals surface area contributed by atoms with Crippen molar-refractivity contribution < 1.29 is 9.59 Å². The van der Waals surface area contributed by atoms with Gasteiger partial charge in [-0.3, -0.25) is 9.59 Å². The monoisotopic (exact) mass is 449 g/mol. The summed E-state index contributed by atoms with van der Waals surface area (Å²) in [6, 6.07) is 13.0. The van der Waals surface area contributed by atoms with Crippen LogP contribution in [0.3, 0.4) is 0 Å². The minimum Gasteiger partial charge on any atom is -0.339 e. The van der Waals surface area contributed by atoms with Crippen molar-refractivity contribution in [3.8, 4) is 0 Å². The van der Waals surface area contributed by atoms with E-state index in [0.29, 0.717) is 22.5 Å². The molecule has 2 aromatic carbocycles. The second-order valence-electron chi connectivity index (χ2n) is 7.28. The Morgan fingerprint density at radius 1 is 1.12 bits per heavy atom. The molecule has 1 aromatic heterocycles. The van der Waals surface area contributed by atoms with Crippen LogP contribution in [0.5, 0.6) is 0 Å². The number of aryl methyl sites for hydroxylation is 1. The molecule has 1 unspecified atom stereocenters. The highest BCUT2D eigenvalue weighted by molar-refractivity contribution is 6.33. The van der Waals surface area contributed by atoms with Gasteiger partial charge in [0.2, 0.25) is 11.9 Å². The van der Waals surface area contributed by atoms with Crippen molar-refractivity contribution in [2.45, 2.75) is 26.7 Å². The fourth-order valence-electron chi connectivity index (χ4n) is 3.00. The van der Waals surface area contributed by atoms with E-state index in [1.54, 1.807) is 19.1 Å². The summed E-state index contributed by atoms with van der Waals surface area (Å²) in [7, 11) is 0. The summed E-state index contributed by atoms with van der Waals surface area (Å²) in [6.45, 7) is 8.81. The first-order chi connectivity index (χ1) is 15.3. The van der Waals surface area contributed by atoms with Crippen LogP contribution in [-0.2, 0) is 9.59 Å². The Bertz CT molecular complexity index is 1180. The number of ketones is 1. The fourth-order valence-corrected chi connectivity index (χ4v) is 3.14. The first kappa shape index (κ1) is 23.0. The number of carbonyl (C=O) groups is 2. The molecule has 7 nitrogen and oxygen atoms in total. The minimum absolute atomic E-state index is 0.0642. The number of hydrogen-bond acceptors (Lipinski definition) is 6. The highest BCUT2D eigenvalue weighted by atomic mass is 35.5. The molecule has 0 radical (unpaired) electrons. The number of aromatic nitrogens is 2. The number of nitrogens with one attached hydrogen (secondary N) is 3. The first-order valence-electron chi connectivity index (χ1n) is 9.98. The van der Waals surface area contributed by atoms with Gasteiger partial charge in [-0.05, 0) is 49.2 Å². The van der Waals surface area contributed by atoms with Gasteiger partial charge < -0.3 is 16.0 Å². The highest BCUT2D eigenvalue weighted by Gasteiger charge is 2.16. The lowest BCUT2D eigenvalue weighted by Crippen LogP contribution is -2.09. The van der Waals surface area contributed by atoms with E-state index in [4.69, 9.17) is 11.6 Å². The molecule has 3 aromatic rings. The molecule has 0 saturated heterocycles. The van der Waals surface area contributed by atoms with Crippen LogP contribution in [0, 0.1) is 6.92 Å². The molecule has 1 atom stereocenters. The predicted octanol–water partition coefficient (Wildman–Crippen LogP) is 5.74. The van der Waals surface area contributed by atoms with Gasteiger partial charge >= 0.3 is 0 Å². The van der Waals surface area contributed by atoms with Crippen LogP contribution in [0.1, 0.15) is 30.9 Å². The number of nitrogens with zero attached hydrogens (tertiary/aromatic N) is 2. The Hall–Kier alpha value is -3.71. The van der Waals surface area contributed by atoms with E-state index in [9.17, 15) is 9.59 Å². The Labute approximate surface area is 191 Å². The maximum absolute atomic E-state index is 11.9. The first-order valence-corrected chi connectivity index (χ1v) is 10.4. The van der Waals surface area contributed by atoms with Gasteiger partial charge in [0.25, 0.3) is 0 Å². The van der Waals surface area contributed by atoms with Crippen LogP contribution in [-0.4, -0.2) is 21.7 Å². The zero-order valence-corrected chi connectivity index (χ0v) is 18.8. The van der Waals surface area contributed by atoms with Crippen LogP contribution < -0.4 is 16.0 Å². The zero-order valence-electron chi connectivity index (χ0n) is 18.1. The van der Waals surface area contributed by atoms with Gasteiger partial charge in [-0.1, -0.05) is 49.4 Å². The van der Waals surface area contributed by atoms with Gasteiger partial charge in [-0.15, -0.1) is 0 Å². The van der Waals surface area contributed by atoms with Crippen molar-refractivity contribution in [3.63, 3.8) is 0 Å². The molecule has 0 fully saturated rings. The highest BCUT2D eigenvalue weighted by Crippen LogP contribution is 2.31. The second kappa shape index (κ2) is 10.1. The van der Waals surface area contributed by atoms with Gasteiger partial charge in [0.15, 0.2) is 5.82 Å². The van der Waals surface area contributed by atoms with Gasteiger partial charge in [-0.2, -0.15) is 4.98 Å². The third-order valence-electron chi connectivity index (χ3n) is 4.97. The van der Waals surface area contributed by atoms with Gasteiger partial charge in [-0.25, -0.2) is 4.98 Å². The third-order valence-corrected chi connectivity index (χ3v) is 5.25. The third kappa shape index (κ3) is 5.50. The van der Waals surface area contributed by atoms with Crippen LogP contribution in [0.15, 0.2) is 61.3 Å². The van der Waals surface area contributed by atoms with Crippen LogP contribution >= 0.6 is 11.6 Å². The SMILES string of the molecule is C=CC(=O)Nc1ccc(C)c(Nc2ncc(Cl)c(Nc3ccccc3C(C)C(C)=O)n2)c1. The Morgan fingerprint density at radius 2 is 1.88 bits per heavy atom. The van der Waals surface area contributed by atoms with Crippen LogP contribution in [0.25, 0.3) is 0 Å². The lowest BCUT2D eigenvalue weighted by atomic mass is 9.96. The molecule has 0 spiro atoms. The molecule has 0 aliphatic rings. The summed E-state index contributed by atoms with van der Waals surface area (Å²) in [4.78, 5) is 32.2. The molecular weight excluding hydrogens is 426 g/mol. The summed E-state index contributed by atoms with van der Waals surface area (Å²) >= 11 is 6.33. The largest absolute Gasteiger partial charge is 0.339 e. The molecule has 0 bridgehead atoms. The van der Waals surface area contributed by atoms with Crippen molar-refractivity contribution >= 4 is 52.1 Å². The number of para-hydroxylation sites is 1. The second-order valence-corrected chi connectivity index (χ2v) is 7.69. The van der Waals surface area contributed by atoms with E-state index in [2.05, 4.69) is 32.5 Å². The molecule has 164 valence electrons. The fraction of sp³-hybridized carbons (Fsp3) is 0.167. The van der Waals surface area contributed by atoms with E-state index in [1.165, 1.54) is 12.3 Å². The summed E-state index contributed by atoms with van der Waals surface area (Å²) in [5, 5.41) is 9.44. The Balaban J connectivity index is 1.88. The van der Waals surface area contributed by atoms with Gasteiger partial charge in [0, 0.05) is 23.0 Å². The van der Waals surface area contributed by atoms with Crippen molar-refractivity contribution in [2.75, 3.05) is 16.0 Å². The van der Waals surface area contributed by atoms with Gasteiger partial charge in [0.05, 0.1) is 6.20 Å². The average molecular weight is 450 g/mol. The smallest absolute Gasteiger partial charge is 0.247 e. The standard InChI is InChI=1S/C24H24ClN5O2/c1-5-22(32)27-17-11-10-14(2)21(12-17)29-24-26-13-19(25)23(30-24)28-20-9-7-6-8-18(20)15(3)16(4)31/h5-13,15H,1H2,2-4H3,(H,27,32)(H2,26,28,29,30). The zero-order chi connectivity index (χ0) is 23.3. The topological polar surface area (TPSA) is 96.0 Å². The maximum atomic E-state index is 11.9. The van der Waals surface area contributed by atoms with Crippen molar-refractivity contribution in [1.29, 1.82) is 0 Å². The minimum atomic E-state index is -0.299. The molecule has 1 amide bonds. The Morgan fingerprint density at radius 3 is 2.59 bits per heavy atom. The molecule has 1 heterocycles. The molecule has 3 rings (SSSR count). The maximum Gasteiger partial charge on any atom is 0.247 e. The van der Waals surface area contributed by atoms with Crippen LogP contribution in [0.4, 0.5) is 28.8 Å². The van der Waals surface area contributed by atoms with E-state index < -0.39 is 0 Å². The van der Waals surface area contributed by atoms with E-state index >= 15 is 0 Å². The van der Waals surface area contributed by atoms with Crippen LogP contribution in [0.2, 0.25) is 5.02 Å². The van der Waals surface area contributed by atoms with Crippen molar-refractivity contribution in [1.82, 2.24) is 9.97 Å². The normalized spacial score (nSPS) is 11.4. The Kier molecular flexibility index (Phi) is 7.22. The summed E-state index contributed by atoms with van der Waals surface area (Å²) in [6.07, 6.45) is 2.70. The molecule has 8 heteroatoms. The number of amides is 1. The van der Waals surface area contributed by atoms with Crippen molar-refractivity contribution in [3.05, 3.63) is 77.5 Å². The molecule has 32 heavy (non-hydrogen) atoms. The summed E-state index contributed by atoms with van der Waals surface area (Å²) in [5.74, 6) is 0.222. The summed E-state index contributed by atoms with van der Waals surface area (Å²) < 4.78 is 0. The van der Waals surface area contributed by atoms with Crippen molar-refractivity contribution in [2.24, 2.45) is 0 Å². The lowest BCUT2D eigenvalue weighted by Gasteiger charge is -2.16. The van der Waals surface area contributed by atoms with E-state index in [-0.39, 0.29) is 17.6 Å². The number of carbonyl (C=O) groups excluding carboxylic acids is 2. The number of Topliss-reactive ketones (excluding diaryl/α,β-unsaturated/α-hetero) is 1. The number of halogens is 1. The lowest BCUT2D eigenvalue weighted by molar-refractivity contribution is -0.118. The molecule has 0 saturated carbocycles. The number of benzene rings is 2.